The first-order valence-corrected chi connectivity index (χ1v) is 17.4. The van der Waals surface area contributed by atoms with Crippen LogP contribution in [-0.2, 0) is 11.3 Å². The number of nitrogens with one attached hydrogen (secondary N) is 1. The van der Waals surface area contributed by atoms with Gasteiger partial charge in [0.15, 0.2) is 0 Å². The third kappa shape index (κ3) is 6.55. The zero-order valence-corrected chi connectivity index (χ0v) is 27.5. The van der Waals surface area contributed by atoms with E-state index in [0.29, 0.717) is 23.2 Å². The molecule has 4 heteroatoms. The molecular formula is C38H61N2O2+. The summed E-state index contributed by atoms with van der Waals surface area (Å²) in [6, 6.07) is 8.67. The molecule has 42 heavy (non-hydrogen) atoms. The van der Waals surface area contributed by atoms with Gasteiger partial charge in [-0.05, 0) is 116 Å². The van der Waals surface area contributed by atoms with Crippen molar-refractivity contribution >= 4 is 12.0 Å². The Morgan fingerprint density at radius 2 is 1.76 bits per heavy atom. The van der Waals surface area contributed by atoms with Crippen LogP contribution in [0.3, 0.4) is 0 Å². The van der Waals surface area contributed by atoms with E-state index in [2.05, 4.69) is 71.0 Å². The minimum atomic E-state index is -0.0559. The average molecular weight is 578 g/mol. The van der Waals surface area contributed by atoms with Crippen molar-refractivity contribution in [1.29, 1.82) is 0 Å². The van der Waals surface area contributed by atoms with Crippen LogP contribution in [0, 0.1) is 46.3 Å². The smallest absolute Gasteiger partial charge is 0.220 e. The lowest BCUT2D eigenvalue weighted by Gasteiger charge is -2.61. The van der Waals surface area contributed by atoms with Crippen LogP contribution in [0.1, 0.15) is 109 Å². The van der Waals surface area contributed by atoms with Gasteiger partial charge in [0.1, 0.15) is 6.54 Å². The summed E-state index contributed by atoms with van der Waals surface area (Å²) >= 11 is 0. The molecule has 0 aromatic heterocycles. The third-order valence-corrected chi connectivity index (χ3v) is 13.3. The van der Waals surface area contributed by atoms with Crippen LogP contribution in [-0.4, -0.2) is 48.8 Å². The summed E-state index contributed by atoms with van der Waals surface area (Å²) < 4.78 is 0.922. The fourth-order valence-electron chi connectivity index (χ4n) is 10.9. The lowest BCUT2D eigenvalue weighted by atomic mass is 9.44. The highest BCUT2D eigenvalue weighted by Crippen LogP contribution is 2.68. The number of amides is 1. The number of carbonyl (C=O) groups excluding carboxylic acids is 1. The Bertz CT molecular complexity index is 1080. The molecule has 1 aromatic rings. The maximum absolute atomic E-state index is 12.8. The summed E-state index contributed by atoms with van der Waals surface area (Å²) in [4.78, 5) is 12.8. The number of nitrogens with zero attached hydrogens (tertiary/aromatic N) is 1. The van der Waals surface area contributed by atoms with E-state index in [1.54, 1.807) is 0 Å². The number of hydrogen-bond acceptors (Lipinski definition) is 2. The van der Waals surface area contributed by atoms with Crippen LogP contribution in [0.15, 0.2) is 30.8 Å². The molecule has 4 saturated carbocycles. The van der Waals surface area contributed by atoms with Gasteiger partial charge < -0.3 is 14.9 Å². The summed E-state index contributed by atoms with van der Waals surface area (Å²) in [6.07, 6.45) is 16.1. The van der Waals surface area contributed by atoms with E-state index in [1.165, 1.54) is 50.5 Å². The van der Waals surface area contributed by atoms with Crippen LogP contribution in [0.25, 0.3) is 6.08 Å². The van der Waals surface area contributed by atoms with Crippen LogP contribution in [0.2, 0.25) is 0 Å². The maximum Gasteiger partial charge on any atom is 0.220 e. The van der Waals surface area contributed by atoms with Gasteiger partial charge in [-0.2, -0.15) is 0 Å². The molecule has 0 saturated heterocycles. The van der Waals surface area contributed by atoms with Gasteiger partial charge in [0.2, 0.25) is 5.91 Å². The zero-order chi connectivity index (χ0) is 30.1. The molecule has 4 nitrogen and oxygen atoms in total. The first kappa shape index (κ1) is 31.8. The summed E-state index contributed by atoms with van der Waals surface area (Å²) in [5.74, 6) is 4.96. The van der Waals surface area contributed by atoms with Crippen molar-refractivity contribution in [3.8, 4) is 0 Å². The van der Waals surface area contributed by atoms with E-state index in [1.807, 2.05) is 6.08 Å². The Morgan fingerprint density at radius 1 is 1.05 bits per heavy atom. The molecule has 0 aliphatic heterocycles. The highest BCUT2D eigenvalue weighted by Gasteiger charge is 2.60. The predicted octanol–water partition coefficient (Wildman–Crippen LogP) is 7.85. The molecule has 1 amide bonds. The van der Waals surface area contributed by atoms with Crippen molar-refractivity contribution in [3.05, 3.63) is 42.0 Å². The van der Waals surface area contributed by atoms with Crippen LogP contribution < -0.4 is 5.32 Å². The van der Waals surface area contributed by atoms with Gasteiger partial charge in [0.05, 0.1) is 26.7 Å². The highest BCUT2D eigenvalue weighted by molar-refractivity contribution is 5.75. The van der Waals surface area contributed by atoms with E-state index in [9.17, 15) is 9.90 Å². The molecule has 4 aliphatic carbocycles. The van der Waals surface area contributed by atoms with E-state index in [4.69, 9.17) is 0 Å². The Hall–Kier alpha value is -1.65. The molecule has 1 aromatic carbocycles. The molecule has 2 N–H and O–H groups in total. The number of aliphatic hydroxyl groups excluding tert-OH is 1. The molecule has 9 atom stereocenters. The van der Waals surface area contributed by atoms with Crippen molar-refractivity contribution in [2.75, 3.05) is 27.2 Å². The third-order valence-electron chi connectivity index (χ3n) is 13.3. The first-order chi connectivity index (χ1) is 19.9. The molecule has 0 bridgehead atoms. The van der Waals surface area contributed by atoms with Crippen LogP contribution in [0.4, 0.5) is 0 Å². The van der Waals surface area contributed by atoms with E-state index >= 15 is 0 Å². The predicted molar refractivity (Wildman–Crippen MR) is 174 cm³/mol. The molecule has 5 rings (SSSR count). The summed E-state index contributed by atoms with van der Waals surface area (Å²) in [5, 5.41) is 13.6. The number of benzene rings is 1. The number of quaternary nitrogens is 1. The standard InChI is InChI=1S/C38H60N2O2/c1-7-28-10-12-29(13-11-28)26-40(5,6)24-8-23-39-36(42)18-9-27(2)33-16-17-34-32-15-14-30-25-31(41)19-21-37(30,3)35(32)20-22-38(33,34)4/h7,10-13,27,30-35,41H,1,8-9,14-26H2,2-6H3/p+1/t27-,30?,31-,32?,33-,34?,35?,37+,38-/m1/s1. The molecule has 0 spiro atoms. The maximum atomic E-state index is 12.8. The Labute approximate surface area is 257 Å². The number of hydrogen-bond donors (Lipinski definition) is 2. The Kier molecular flexibility index (Phi) is 9.65. The van der Waals surface area contributed by atoms with Gasteiger partial charge in [-0.25, -0.2) is 0 Å². The van der Waals surface area contributed by atoms with Crippen molar-refractivity contribution in [3.63, 3.8) is 0 Å². The largest absolute Gasteiger partial charge is 0.393 e. The van der Waals surface area contributed by atoms with Gasteiger partial charge in [0, 0.05) is 24.9 Å². The second-order valence-electron chi connectivity index (χ2n) is 16.3. The number of aliphatic hydroxyl groups is 1. The zero-order valence-electron chi connectivity index (χ0n) is 27.5. The Morgan fingerprint density at radius 3 is 2.50 bits per heavy atom. The van der Waals surface area contributed by atoms with Crippen molar-refractivity contribution in [2.45, 2.75) is 110 Å². The molecule has 4 unspecified atom stereocenters. The highest BCUT2D eigenvalue weighted by atomic mass is 16.3. The minimum Gasteiger partial charge on any atom is -0.393 e. The topological polar surface area (TPSA) is 49.3 Å². The van der Waals surface area contributed by atoms with Crippen LogP contribution in [0.5, 0.6) is 0 Å². The van der Waals surface area contributed by atoms with Crippen molar-refractivity contribution in [2.24, 2.45) is 46.3 Å². The monoisotopic (exact) mass is 577 g/mol. The lowest BCUT2D eigenvalue weighted by Crippen LogP contribution is -2.54. The van der Waals surface area contributed by atoms with E-state index < -0.39 is 0 Å². The summed E-state index contributed by atoms with van der Waals surface area (Å²) in [6.45, 7) is 14.3. The SMILES string of the molecule is C=Cc1ccc(C[N+](C)(C)CCCNC(=O)CC[C@@H](C)[C@H]2CCC3C4CCC5C[C@H](O)CC[C@]5(C)C4CC[C@@]32C)cc1. The van der Waals surface area contributed by atoms with Crippen molar-refractivity contribution < 1.29 is 14.4 Å². The lowest BCUT2D eigenvalue weighted by molar-refractivity contribution is -0.903. The average Bonchev–Trinajstić information content (AvgIpc) is 3.32. The minimum absolute atomic E-state index is 0.0559. The van der Waals surface area contributed by atoms with E-state index in [-0.39, 0.29) is 12.0 Å². The van der Waals surface area contributed by atoms with Crippen LogP contribution >= 0.6 is 0 Å². The Balaban J connectivity index is 1.05. The van der Waals surface area contributed by atoms with Crippen molar-refractivity contribution in [1.82, 2.24) is 5.32 Å². The first-order valence-electron chi connectivity index (χ1n) is 17.4. The van der Waals surface area contributed by atoms with Gasteiger partial charge in [-0.1, -0.05) is 57.7 Å². The second kappa shape index (κ2) is 12.8. The summed E-state index contributed by atoms with van der Waals surface area (Å²) in [7, 11) is 4.55. The second-order valence-corrected chi connectivity index (χ2v) is 16.3. The van der Waals surface area contributed by atoms with Gasteiger partial charge >= 0.3 is 0 Å². The summed E-state index contributed by atoms with van der Waals surface area (Å²) in [5.41, 5.74) is 3.41. The molecule has 4 aliphatic rings. The van der Waals surface area contributed by atoms with Gasteiger partial charge in [-0.3, -0.25) is 4.79 Å². The van der Waals surface area contributed by atoms with E-state index in [0.717, 1.165) is 85.0 Å². The quantitative estimate of drug-likeness (QED) is 0.208. The molecule has 0 radical (unpaired) electrons. The normalized spacial score (nSPS) is 36.8. The fourth-order valence-corrected chi connectivity index (χ4v) is 10.9. The number of fused-ring (bicyclic) bond motifs is 5. The molecule has 0 heterocycles. The fraction of sp³-hybridized carbons (Fsp3) is 0.763. The van der Waals surface area contributed by atoms with Gasteiger partial charge in [-0.15, -0.1) is 0 Å². The number of carbonyl (C=O) groups is 1. The number of rotatable bonds is 11. The molecular weight excluding hydrogens is 516 g/mol. The molecule has 234 valence electrons. The molecule has 4 fully saturated rings. The van der Waals surface area contributed by atoms with Gasteiger partial charge in [0.25, 0.3) is 0 Å².